The van der Waals surface area contributed by atoms with E-state index in [4.69, 9.17) is 5.11 Å². The quantitative estimate of drug-likeness (QED) is 0.175. The molecule has 1 aliphatic heterocycles. The van der Waals surface area contributed by atoms with Crippen molar-refractivity contribution in [3.8, 4) is 5.69 Å². The molecule has 44 heavy (non-hydrogen) atoms. The fourth-order valence-electron chi connectivity index (χ4n) is 5.06. The van der Waals surface area contributed by atoms with Crippen LogP contribution in [0, 0.1) is 5.92 Å². The Morgan fingerprint density at radius 3 is 2.18 bits per heavy atom. The van der Waals surface area contributed by atoms with E-state index in [-0.39, 0.29) is 24.7 Å². The number of nitrogens with one attached hydrogen (secondary N) is 2. The molecular weight excluding hydrogens is 579 g/mol. The summed E-state index contributed by atoms with van der Waals surface area (Å²) in [6.45, 7) is 0.547. The standard InChI is InChI=1S/C29H39FN6O8/c30-14-2-4-21-18-36(34-33-21)22-8-6-19(7-9-22)3-1-5-25(37)35-15-12-20(13-16-35)17-24(28(42)43)32-29(44)31-23(27(40)41)10-11-26(38)39/h6-9,18,20,23-24H,1-5,10-17H2,(H,38,39)(H,40,41)(H,42,43)(H2,31,32,44). The van der Waals surface area contributed by atoms with Crippen LogP contribution in [0.3, 0.4) is 0 Å². The summed E-state index contributed by atoms with van der Waals surface area (Å²) in [4.78, 5) is 60.6. The van der Waals surface area contributed by atoms with E-state index in [0.29, 0.717) is 58.0 Å². The van der Waals surface area contributed by atoms with E-state index in [2.05, 4.69) is 20.9 Å². The molecule has 1 aromatic carbocycles. The van der Waals surface area contributed by atoms with Crippen molar-refractivity contribution in [1.82, 2.24) is 30.5 Å². The molecule has 5 N–H and O–H groups in total. The maximum absolute atomic E-state index is 12.8. The van der Waals surface area contributed by atoms with Crippen molar-refractivity contribution in [2.24, 2.45) is 5.92 Å². The molecule has 15 heteroatoms. The lowest BCUT2D eigenvalue weighted by atomic mass is 9.90. The SMILES string of the molecule is O=C(O)CCC(NC(=O)NC(CC1CCN(C(=O)CCCc2ccc(-n3cc(CCCF)nn3)cc2)CC1)C(=O)O)C(=O)O. The number of carbonyl (C=O) groups is 5. The van der Waals surface area contributed by atoms with Crippen LogP contribution in [-0.2, 0) is 32.0 Å². The number of carbonyl (C=O) groups excluding carboxylic acids is 2. The molecule has 0 aliphatic carbocycles. The predicted octanol–water partition coefficient (Wildman–Crippen LogP) is 2.19. The number of nitrogens with zero attached hydrogens (tertiary/aromatic N) is 4. The van der Waals surface area contributed by atoms with Crippen LogP contribution < -0.4 is 10.6 Å². The Morgan fingerprint density at radius 2 is 1.57 bits per heavy atom. The van der Waals surface area contributed by atoms with Gasteiger partial charge in [-0.05, 0) is 75.0 Å². The third-order valence-electron chi connectivity index (χ3n) is 7.55. The van der Waals surface area contributed by atoms with Gasteiger partial charge in [0.1, 0.15) is 12.1 Å². The molecule has 2 heterocycles. The molecule has 2 unspecified atom stereocenters. The van der Waals surface area contributed by atoms with E-state index in [9.17, 15) is 38.6 Å². The number of alkyl halides is 1. The van der Waals surface area contributed by atoms with Crippen molar-refractivity contribution < 1.29 is 43.7 Å². The third kappa shape index (κ3) is 10.9. The van der Waals surface area contributed by atoms with Gasteiger partial charge in [0, 0.05) is 25.9 Å². The van der Waals surface area contributed by atoms with E-state index in [1.54, 1.807) is 15.8 Å². The number of likely N-dealkylation sites (tertiary alicyclic amines) is 1. The van der Waals surface area contributed by atoms with Crippen LogP contribution in [0.1, 0.15) is 62.6 Å². The highest BCUT2D eigenvalue weighted by Crippen LogP contribution is 2.23. The Bertz CT molecular complexity index is 1280. The number of aliphatic carboxylic acids is 3. The normalized spacial score (nSPS) is 14.9. The molecule has 1 fully saturated rings. The van der Waals surface area contributed by atoms with Gasteiger partial charge in [-0.2, -0.15) is 0 Å². The lowest BCUT2D eigenvalue weighted by molar-refractivity contribution is -0.141. The minimum atomic E-state index is -1.47. The first-order chi connectivity index (χ1) is 21.0. The Hall–Kier alpha value is -4.56. The summed E-state index contributed by atoms with van der Waals surface area (Å²) in [5.74, 6) is -3.95. The van der Waals surface area contributed by atoms with Crippen molar-refractivity contribution in [2.75, 3.05) is 19.8 Å². The third-order valence-corrected chi connectivity index (χ3v) is 7.55. The first kappa shape index (κ1) is 33.9. The molecule has 3 amide bonds. The van der Waals surface area contributed by atoms with Crippen molar-refractivity contribution in [2.45, 2.75) is 76.3 Å². The number of urea groups is 1. The molecule has 2 aromatic rings. The number of amides is 3. The van der Waals surface area contributed by atoms with Crippen LogP contribution in [-0.4, -0.2) is 96.9 Å². The molecule has 3 rings (SSSR count). The first-order valence-electron chi connectivity index (χ1n) is 14.6. The maximum Gasteiger partial charge on any atom is 0.326 e. The number of hydrogen-bond acceptors (Lipinski definition) is 7. The van der Waals surface area contributed by atoms with Gasteiger partial charge in [0.05, 0.1) is 24.3 Å². The lowest BCUT2D eigenvalue weighted by Gasteiger charge is -2.33. The highest BCUT2D eigenvalue weighted by atomic mass is 19.1. The van der Waals surface area contributed by atoms with Crippen LogP contribution in [0.5, 0.6) is 0 Å². The second kappa shape index (κ2) is 16.9. The summed E-state index contributed by atoms with van der Waals surface area (Å²) in [6.07, 6.45) is 4.91. The summed E-state index contributed by atoms with van der Waals surface area (Å²) in [5.41, 5.74) is 2.65. The zero-order valence-corrected chi connectivity index (χ0v) is 24.4. The largest absolute Gasteiger partial charge is 0.481 e. The first-order valence-corrected chi connectivity index (χ1v) is 14.6. The van der Waals surface area contributed by atoms with Gasteiger partial charge in [-0.3, -0.25) is 14.0 Å². The van der Waals surface area contributed by atoms with Crippen LogP contribution in [0.4, 0.5) is 9.18 Å². The highest BCUT2D eigenvalue weighted by Gasteiger charge is 2.30. The molecule has 14 nitrogen and oxygen atoms in total. The molecule has 0 radical (unpaired) electrons. The molecule has 2 atom stereocenters. The number of carboxylic acid groups (broad SMARTS) is 3. The van der Waals surface area contributed by atoms with E-state index < -0.39 is 49.1 Å². The van der Waals surface area contributed by atoms with Crippen LogP contribution in [0.25, 0.3) is 5.69 Å². The Labute approximate surface area is 253 Å². The molecule has 1 aliphatic rings. The highest BCUT2D eigenvalue weighted by molar-refractivity contribution is 5.86. The van der Waals surface area contributed by atoms with E-state index in [1.807, 2.05) is 24.3 Å². The Balaban J connectivity index is 1.38. The van der Waals surface area contributed by atoms with Gasteiger partial charge in [0.25, 0.3) is 0 Å². The smallest absolute Gasteiger partial charge is 0.326 e. The topological polar surface area (TPSA) is 204 Å². The maximum atomic E-state index is 12.8. The van der Waals surface area contributed by atoms with Gasteiger partial charge in [0.2, 0.25) is 5.91 Å². The van der Waals surface area contributed by atoms with Gasteiger partial charge in [-0.25, -0.2) is 19.1 Å². The lowest BCUT2D eigenvalue weighted by Crippen LogP contribution is -2.52. The molecule has 0 spiro atoms. The summed E-state index contributed by atoms with van der Waals surface area (Å²) in [5, 5.41) is 40.1. The molecule has 0 saturated carbocycles. The number of benzene rings is 1. The number of rotatable bonds is 17. The molecule has 1 aromatic heterocycles. The molecule has 1 saturated heterocycles. The summed E-state index contributed by atoms with van der Waals surface area (Å²) < 4.78 is 14.0. The number of piperidine rings is 1. The number of carboxylic acids is 3. The minimum absolute atomic E-state index is 0.0249. The second-order valence-electron chi connectivity index (χ2n) is 10.9. The van der Waals surface area contributed by atoms with Gasteiger partial charge in [-0.1, -0.05) is 17.3 Å². The molecular formula is C29H39FN6O8. The van der Waals surface area contributed by atoms with E-state index in [0.717, 1.165) is 16.9 Å². The van der Waals surface area contributed by atoms with Crippen LogP contribution >= 0.6 is 0 Å². The Kier molecular flexibility index (Phi) is 13.0. The fraction of sp³-hybridized carbons (Fsp3) is 0.552. The van der Waals surface area contributed by atoms with E-state index >= 15 is 0 Å². The monoisotopic (exact) mass is 618 g/mol. The zero-order valence-electron chi connectivity index (χ0n) is 24.4. The van der Waals surface area contributed by atoms with Gasteiger partial charge < -0.3 is 30.9 Å². The van der Waals surface area contributed by atoms with Crippen LogP contribution in [0.2, 0.25) is 0 Å². The average Bonchev–Trinajstić information content (AvgIpc) is 3.47. The second-order valence-corrected chi connectivity index (χ2v) is 10.9. The minimum Gasteiger partial charge on any atom is -0.481 e. The van der Waals surface area contributed by atoms with Gasteiger partial charge in [0.15, 0.2) is 0 Å². The molecule has 240 valence electrons. The van der Waals surface area contributed by atoms with Crippen molar-refractivity contribution in [3.63, 3.8) is 0 Å². The summed E-state index contributed by atoms with van der Waals surface area (Å²) >= 11 is 0. The van der Waals surface area contributed by atoms with Crippen molar-refractivity contribution in [1.29, 1.82) is 0 Å². The van der Waals surface area contributed by atoms with Gasteiger partial charge >= 0.3 is 23.9 Å². The number of hydrogen-bond donors (Lipinski definition) is 5. The van der Waals surface area contributed by atoms with E-state index in [1.165, 1.54) is 0 Å². The summed E-state index contributed by atoms with van der Waals surface area (Å²) in [7, 11) is 0. The average molecular weight is 619 g/mol. The van der Waals surface area contributed by atoms with Crippen molar-refractivity contribution >= 4 is 29.8 Å². The number of aryl methyl sites for hydroxylation is 2. The van der Waals surface area contributed by atoms with Crippen LogP contribution in [0.15, 0.2) is 30.5 Å². The Morgan fingerprint density at radius 1 is 0.909 bits per heavy atom. The zero-order chi connectivity index (χ0) is 32.1. The van der Waals surface area contributed by atoms with Gasteiger partial charge in [-0.15, -0.1) is 5.10 Å². The number of aromatic nitrogens is 3. The van der Waals surface area contributed by atoms with Crippen molar-refractivity contribution in [3.05, 3.63) is 41.7 Å². The number of halogens is 1. The predicted molar refractivity (Wildman–Crippen MR) is 154 cm³/mol. The molecule has 0 bridgehead atoms. The fourth-order valence-corrected chi connectivity index (χ4v) is 5.06. The summed E-state index contributed by atoms with van der Waals surface area (Å²) in [6, 6.07) is 4.04.